The molecule has 5 heteroatoms. The van der Waals surface area contributed by atoms with Crippen molar-refractivity contribution in [3.63, 3.8) is 0 Å². The smallest absolute Gasteiger partial charge is 0.133 e. The van der Waals surface area contributed by atoms with E-state index in [1.165, 1.54) is 5.56 Å². The van der Waals surface area contributed by atoms with Crippen LogP contribution < -0.4 is 0 Å². The third kappa shape index (κ3) is 4.68. The van der Waals surface area contributed by atoms with Crippen molar-refractivity contribution in [3.05, 3.63) is 35.9 Å². The Labute approximate surface area is 127 Å². The number of benzene rings is 1. The van der Waals surface area contributed by atoms with Crippen molar-refractivity contribution < 1.29 is 20.1 Å². The fourth-order valence-corrected chi connectivity index (χ4v) is 2.32. The van der Waals surface area contributed by atoms with Gasteiger partial charge in [-0.15, -0.1) is 12.6 Å². The molecule has 0 aliphatic carbocycles. The van der Waals surface area contributed by atoms with E-state index in [0.29, 0.717) is 0 Å². The monoisotopic (exact) mass is 351 g/mol. The molecule has 1 aliphatic rings. The van der Waals surface area contributed by atoms with Gasteiger partial charge in [0.25, 0.3) is 0 Å². The first-order valence-corrected chi connectivity index (χ1v) is 6.35. The van der Waals surface area contributed by atoms with Crippen molar-refractivity contribution in [1.82, 2.24) is 9.80 Å². The van der Waals surface area contributed by atoms with E-state index >= 15 is 0 Å². The van der Waals surface area contributed by atoms with E-state index in [-0.39, 0.29) is 20.1 Å². The Kier molecular flexibility index (Phi) is 6.67. The molecule has 0 aromatic heterocycles. The molecule has 1 fully saturated rings. The molecule has 1 saturated heterocycles. The molecule has 0 saturated carbocycles. The summed E-state index contributed by atoms with van der Waals surface area (Å²) in [4.78, 5) is 4.61. The summed E-state index contributed by atoms with van der Waals surface area (Å²) in [5.41, 5.74) is 1.38. The van der Waals surface area contributed by atoms with Crippen LogP contribution in [0.3, 0.4) is 0 Å². The van der Waals surface area contributed by atoms with Crippen molar-refractivity contribution in [3.8, 4) is 0 Å². The van der Waals surface area contributed by atoms with Crippen LogP contribution >= 0.6 is 24.8 Å². The van der Waals surface area contributed by atoms with Crippen LogP contribution in [0, 0.1) is 0 Å². The summed E-state index contributed by atoms with van der Waals surface area (Å²) in [7, 11) is 0. The molecular formula is C12H16N2S2Tc. The van der Waals surface area contributed by atoms with Gasteiger partial charge in [0.15, 0.2) is 0 Å². The largest absolute Gasteiger partial charge is 0.355 e. The maximum absolute atomic E-state index is 5.06. The third-order valence-corrected chi connectivity index (χ3v) is 3.43. The van der Waals surface area contributed by atoms with Crippen molar-refractivity contribution in [2.75, 3.05) is 26.2 Å². The van der Waals surface area contributed by atoms with Crippen LogP contribution in [-0.2, 0) is 26.7 Å². The topological polar surface area (TPSA) is 6.48 Å². The summed E-state index contributed by atoms with van der Waals surface area (Å²) < 4.78 is 0.722. The van der Waals surface area contributed by atoms with Gasteiger partial charge in [0.05, 0.1) is 0 Å². The molecule has 1 aromatic carbocycles. The first-order chi connectivity index (χ1) is 7.75. The van der Waals surface area contributed by atoms with E-state index in [9.17, 15) is 0 Å². The Hall–Kier alpha value is 0.0694. The quantitative estimate of drug-likeness (QED) is 0.644. The molecule has 0 amide bonds. The molecule has 1 heterocycles. The zero-order valence-corrected chi connectivity index (χ0v) is 13.1. The predicted octanol–water partition coefficient (Wildman–Crippen LogP) is 2.02. The van der Waals surface area contributed by atoms with Crippen LogP contribution in [0.1, 0.15) is 5.56 Å². The fraction of sp³-hybridized carbons (Fsp3) is 0.417. The first kappa shape index (κ1) is 15.1. The minimum atomic E-state index is 0. The zero-order valence-electron chi connectivity index (χ0n) is 9.55. The molecular weight excluding hydrogens is 335 g/mol. The number of thiol groups is 1. The average molecular weight is 351 g/mol. The Morgan fingerprint density at radius 1 is 1.12 bits per heavy atom. The maximum Gasteiger partial charge on any atom is 0.133 e. The number of thiocarbonyl (C=S) groups is 1. The van der Waals surface area contributed by atoms with Crippen LogP contribution in [-0.4, -0.2) is 40.3 Å². The van der Waals surface area contributed by atoms with Gasteiger partial charge < -0.3 is 4.90 Å². The van der Waals surface area contributed by atoms with Crippen LogP contribution in [0.2, 0.25) is 0 Å². The molecule has 2 rings (SSSR count). The fourth-order valence-electron chi connectivity index (χ4n) is 1.94. The van der Waals surface area contributed by atoms with E-state index in [0.717, 1.165) is 37.0 Å². The predicted molar refractivity (Wildman–Crippen MR) is 74.9 cm³/mol. The van der Waals surface area contributed by atoms with E-state index in [1.807, 2.05) is 0 Å². The molecule has 1 aliphatic heterocycles. The van der Waals surface area contributed by atoms with E-state index < -0.39 is 0 Å². The summed E-state index contributed by atoms with van der Waals surface area (Å²) in [6.07, 6.45) is 0. The summed E-state index contributed by atoms with van der Waals surface area (Å²) >= 11 is 9.26. The van der Waals surface area contributed by atoms with Gasteiger partial charge in [0.2, 0.25) is 0 Å². The number of hydrogen-bond acceptors (Lipinski definition) is 2. The summed E-state index contributed by atoms with van der Waals surface area (Å²) in [6.45, 7) is 5.16. The molecule has 0 N–H and O–H groups in total. The van der Waals surface area contributed by atoms with E-state index in [2.05, 4.69) is 52.8 Å². The van der Waals surface area contributed by atoms with Crippen LogP contribution in [0.25, 0.3) is 0 Å². The van der Waals surface area contributed by atoms with Gasteiger partial charge >= 0.3 is 0 Å². The van der Waals surface area contributed by atoms with Crippen LogP contribution in [0.5, 0.6) is 0 Å². The number of piperazine rings is 1. The van der Waals surface area contributed by atoms with Crippen LogP contribution in [0.4, 0.5) is 0 Å². The van der Waals surface area contributed by atoms with Crippen molar-refractivity contribution in [2.45, 2.75) is 6.54 Å². The van der Waals surface area contributed by atoms with Crippen LogP contribution in [0.15, 0.2) is 30.3 Å². The second-order valence-corrected chi connectivity index (χ2v) is 5.14. The maximum atomic E-state index is 5.06. The minimum absolute atomic E-state index is 0. The molecule has 0 bridgehead atoms. The van der Waals surface area contributed by atoms with Gasteiger partial charge in [-0.1, -0.05) is 42.5 Å². The Bertz CT molecular complexity index is 351. The normalized spacial score (nSPS) is 16.4. The van der Waals surface area contributed by atoms with Gasteiger partial charge in [-0.05, 0) is 5.56 Å². The SMILES string of the molecule is S=C(S)N1CCN(Cc2ccccc2)CC1.[99Tc]. The number of rotatable bonds is 2. The molecule has 93 valence electrons. The van der Waals surface area contributed by atoms with Gasteiger partial charge in [-0.25, -0.2) is 0 Å². The standard InChI is InChI=1S/C12H16N2S2.Tc/c15-12(16)14-8-6-13(7-9-14)10-11-4-2-1-3-5-11;/h1-5H,6-10H2,(H,15,16);/i;1+1. The van der Waals surface area contributed by atoms with E-state index in [1.54, 1.807) is 0 Å². The van der Waals surface area contributed by atoms with Gasteiger partial charge in [0.1, 0.15) is 4.32 Å². The zero-order chi connectivity index (χ0) is 11.4. The summed E-state index contributed by atoms with van der Waals surface area (Å²) in [5, 5.41) is 0. The first-order valence-electron chi connectivity index (χ1n) is 5.50. The summed E-state index contributed by atoms with van der Waals surface area (Å²) in [6, 6.07) is 10.6. The van der Waals surface area contributed by atoms with Gasteiger partial charge in [0, 0.05) is 52.8 Å². The van der Waals surface area contributed by atoms with Gasteiger partial charge in [-0.3, -0.25) is 4.90 Å². The molecule has 1 aromatic rings. The molecule has 1 radical (unpaired) electrons. The molecule has 0 spiro atoms. The Morgan fingerprint density at radius 3 is 2.24 bits per heavy atom. The third-order valence-electron chi connectivity index (χ3n) is 2.89. The number of nitrogens with zero attached hydrogens (tertiary/aromatic N) is 2. The number of hydrogen-bond donors (Lipinski definition) is 1. The van der Waals surface area contributed by atoms with Gasteiger partial charge in [-0.2, -0.15) is 0 Å². The second kappa shape index (κ2) is 7.49. The average Bonchev–Trinajstić information content (AvgIpc) is 2.31. The van der Waals surface area contributed by atoms with E-state index in [4.69, 9.17) is 12.2 Å². The summed E-state index contributed by atoms with van der Waals surface area (Å²) in [5.74, 6) is 0. The minimum Gasteiger partial charge on any atom is -0.355 e. The van der Waals surface area contributed by atoms with Crippen molar-refractivity contribution in [1.29, 1.82) is 0 Å². The second-order valence-electron chi connectivity index (χ2n) is 4.03. The van der Waals surface area contributed by atoms with Crippen molar-refractivity contribution in [2.24, 2.45) is 0 Å². The van der Waals surface area contributed by atoms with Crippen molar-refractivity contribution >= 4 is 29.2 Å². The molecule has 2 nitrogen and oxygen atoms in total. The Morgan fingerprint density at radius 2 is 1.71 bits per heavy atom. The Balaban J connectivity index is 0.00000144. The molecule has 0 unspecified atom stereocenters. The molecule has 0 atom stereocenters. The molecule has 17 heavy (non-hydrogen) atoms.